The van der Waals surface area contributed by atoms with Crippen LogP contribution in [-0.2, 0) is 4.79 Å². The highest BCUT2D eigenvalue weighted by Crippen LogP contribution is 2.43. The number of Topliss-reactive ketones (excluding diaryl/α,β-unsaturated/α-hetero) is 1. The Bertz CT molecular complexity index is 993. The van der Waals surface area contributed by atoms with E-state index < -0.39 is 5.92 Å². The maximum Gasteiger partial charge on any atom is 0.158 e. The van der Waals surface area contributed by atoms with Crippen LogP contribution in [0.2, 0.25) is 5.02 Å². The Morgan fingerprint density at radius 2 is 1.82 bits per heavy atom. The summed E-state index contributed by atoms with van der Waals surface area (Å²) in [4.78, 5) is 13.6. The van der Waals surface area contributed by atoms with Crippen LogP contribution in [0.25, 0.3) is 0 Å². The first kappa shape index (κ1) is 20.6. The van der Waals surface area contributed by atoms with Crippen molar-refractivity contribution in [3.05, 3.63) is 87.1 Å². The lowest BCUT2D eigenvalue weighted by molar-refractivity contribution is -0.113. The molecule has 1 aliphatic rings. The number of dihydropyridines is 1. The molecule has 1 N–H and O–H groups in total. The van der Waals surface area contributed by atoms with Crippen molar-refractivity contribution in [1.29, 1.82) is 5.26 Å². The van der Waals surface area contributed by atoms with Crippen LogP contribution in [0, 0.1) is 11.3 Å². The number of hydrogen-bond donors (Lipinski definition) is 1. The molecule has 0 radical (unpaired) electrons. The van der Waals surface area contributed by atoms with Crippen molar-refractivity contribution in [2.45, 2.75) is 24.7 Å². The number of allylic oxidation sites excluding steroid dienone is 3. The fourth-order valence-electron chi connectivity index (χ4n) is 3.19. The molecule has 0 saturated carbocycles. The first-order valence-electron chi connectivity index (χ1n) is 8.71. The van der Waals surface area contributed by atoms with Crippen molar-refractivity contribution in [3.8, 4) is 6.07 Å². The monoisotopic (exact) mass is 426 g/mol. The molecule has 0 fully saturated rings. The zero-order valence-corrected chi connectivity index (χ0v) is 17.9. The Labute approximate surface area is 178 Å². The molecule has 0 bridgehead atoms. The third kappa shape index (κ3) is 4.47. The third-order valence-corrected chi connectivity index (χ3v) is 6.92. The molecular formula is C22H19ClN2OS2. The number of ketones is 1. The van der Waals surface area contributed by atoms with Gasteiger partial charge in [-0.05, 0) is 37.6 Å². The van der Waals surface area contributed by atoms with E-state index in [1.807, 2.05) is 43.3 Å². The van der Waals surface area contributed by atoms with Crippen LogP contribution in [0.1, 0.15) is 25.3 Å². The number of nitrogens with zero attached hydrogens (tertiary/aromatic N) is 1. The Morgan fingerprint density at radius 3 is 2.46 bits per heavy atom. The van der Waals surface area contributed by atoms with Crippen LogP contribution < -0.4 is 5.32 Å². The minimum atomic E-state index is -0.457. The molecule has 6 heteroatoms. The van der Waals surface area contributed by atoms with Crippen molar-refractivity contribution in [2.75, 3.05) is 5.08 Å². The second-order valence-corrected chi connectivity index (χ2v) is 9.06. The van der Waals surface area contributed by atoms with Gasteiger partial charge >= 0.3 is 0 Å². The summed E-state index contributed by atoms with van der Waals surface area (Å²) in [5.74, 6) is -0.521. The number of thioether (sulfide) groups is 2. The van der Waals surface area contributed by atoms with Gasteiger partial charge in [0.2, 0.25) is 0 Å². The zero-order chi connectivity index (χ0) is 20.1. The molecule has 142 valence electrons. The lowest BCUT2D eigenvalue weighted by atomic mass is 9.81. The second-order valence-electron chi connectivity index (χ2n) is 6.25. The molecule has 1 heterocycles. The highest BCUT2D eigenvalue weighted by Gasteiger charge is 2.34. The summed E-state index contributed by atoms with van der Waals surface area (Å²) >= 11 is 9.70. The van der Waals surface area contributed by atoms with E-state index in [1.54, 1.807) is 29.6 Å². The molecular weight excluding hydrogens is 408 g/mol. The van der Waals surface area contributed by atoms with E-state index >= 15 is 0 Å². The van der Waals surface area contributed by atoms with E-state index in [-0.39, 0.29) is 5.78 Å². The molecule has 28 heavy (non-hydrogen) atoms. The topological polar surface area (TPSA) is 52.9 Å². The molecule has 0 spiro atoms. The number of hydrogen-bond acceptors (Lipinski definition) is 5. The first-order chi connectivity index (χ1) is 13.5. The Hall–Kier alpha value is -2.13. The van der Waals surface area contributed by atoms with Crippen LogP contribution in [-0.4, -0.2) is 10.9 Å². The van der Waals surface area contributed by atoms with Gasteiger partial charge in [0.15, 0.2) is 5.78 Å². The molecule has 1 atom stereocenters. The van der Waals surface area contributed by atoms with Gasteiger partial charge in [-0.1, -0.05) is 59.8 Å². The summed E-state index contributed by atoms with van der Waals surface area (Å²) in [6.45, 7) is 3.41. The van der Waals surface area contributed by atoms with Gasteiger partial charge in [0.1, 0.15) is 0 Å². The van der Waals surface area contributed by atoms with Gasteiger partial charge < -0.3 is 5.32 Å². The number of carbonyl (C=O) groups excluding carboxylic acids is 1. The smallest absolute Gasteiger partial charge is 0.158 e. The number of nitriles is 1. The van der Waals surface area contributed by atoms with Crippen LogP contribution in [0.3, 0.4) is 0 Å². The van der Waals surface area contributed by atoms with Crippen LogP contribution >= 0.6 is 35.1 Å². The largest absolute Gasteiger partial charge is 0.353 e. The summed E-state index contributed by atoms with van der Waals surface area (Å²) in [5.41, 5.74) is 2.66. The molecule has 0 aromatic heterocycles. The average Bonchev–Trinajstić information content (AvgIpc) is 2.68. The quantitative estimate of drug-likeness (QED) is 0.446. The summed E-state index contributed by atoms with van der Waals surface area (Å²) < 4.78 is 0. The number of nitrogens with one attached hydrogen (secondary N) is 1. The Balaban J connectivity index is 1.95. The Morgan fingerprint density at radius 1 is 1.14 bits per heavy atom. The summed E-state index contributed by atoms with van der Waals surface area (Å²) in [5, 5.41) is 15.3. The van der Waals surface area contributed by atoms with Crippen molar-refractivity contribution < 1.29 is 4.79 Å². The molecule has 3 rings (SSSR count). The van der Waals surface area contributed by atoms with Crippen LogP contribution in [0.4, 0.5) is 0 Å². The second kappa shape index (κ2) is 9.38. The normalized spacial score (nSPS) is 16.6. The minimum Gasteiger partial charge on any atom is -0.353 e. The molecule has 3 nitrogen and oxygen atoms in total. The average molecular weight is 427 g/mol. The predicted octanol–water partition coefficient (Wildman–Crippen LogP) is 6.11. The number of carbonyl (C=O) groups is 1. The van der Waals surface area contributed by atoms with E-state index in [4.69, 9.17) is 11.6 Å². The van der Waals surface area contributed by atoms with Crippen molar-refractivity contribution in [3.63, 3.8) is 0 Å². The van der Waals surface area contributed by atoms with E-state index in [1.165, 1.54) is 11.8 Å². The van der Waals surface area contributed by atoms with Gasteiger partial charge in [-0.15, -0.1) is 11.8 Å². The molecule has 0 unspecified atom stereocenters. The van der Waals surface area contributed by atoms with Gasteiger partial charge in [-0.3, -0.25) is 4.79 Å². The van der Waals surface area contributed by atoms with Gasteiger partial charge in [-0.2, -0.15) is 5.26 Å². The fraction of sp³-hybridized carbons (Fsp3) is 0.182. The maximum atomic E-state index is 12.4. The summed E-state index contributed by atoms with van der Waals surface area (Å²) in [6.07, 6.45) is 0. The molecule has 0 amide bonds. The van der Waals surface area contributed by atoms with Gasteiger partial charge in [0, 0.05) is 21.2 Å². The number of halogens is 1. The number of rotatable bonds is 6. The van der Waals surface area contributed by atoms with E-state index in [2.05, 4.69) is 23.5 Å². The lowest BCUT2D eigenvalue weighted by Crippen LogP contribution is -2.27. The van der Waals surface area contributed by atoms with Gasteiger partial charge in [0.25, 0.3) is 0 Å². The standard InChI is InChI=1S/C22H19ClN2OS2/c1-14-20(15(2)26)21(17-10-6-7-11-19(17)23)18(12-24)22(25-14)28-13-27-16-8-4-3-5-9-16/h3-11,21,25H,13H2,1-2H3/t21-/m0/s1. The predicted molar refractivity (Wildman–Crippen MR) is 118 cm³/mol. The van der Waals surface area contributed by atoms with E-state index in [0.29, 0.717) is 16.2 Å². The zero-order valence-electron chi connectivity index (χ0n) is 15.5. The molecule has 2 aromatic carbocycles. The maximum absolute atomic E-state index is 12.4. The summed E-state index contributed by atoms with van der Waals surface area (Å²) in [6, 6.07) is 19.8. The molecule has 2 aromatic rings. The van der Waals surface area contributed by atoms with E-state index in [0.717, 1.165) is 21.4 Å². The van der Waals surface area contributed by atoms with Gasteiger partial charge in [0.05, 0.1) is 27.7 Å². The Kier molecular flexibility index (Phi) is 6.90. The molecule has 0 saturated heterocycles. The first-order valence-corrected chi connectivity index (χ1v) is 11.1. The highest BCUT2D eigenvalue weighted by atomic mass is 35.5. The van der Waals surface area contributed by atoms with Crippen molar-refractivity contribution in [2.24, 2.45) is 0 Å². The fourth-order valence-corrected chi connectivity index (χ4v) is 5.58. The van der Waals surface area contributed by atoms with Crippen LogP contribution in [0.5, 0.6) is 0 Å². The third-order valence-electron chi connectivity index (χ3n) is 4.42. The van der Waals surface area contributed by atoms with Crippen molar-refractivity contribution in [1.82, 2.24) is 5.32 Å². The number of benzene rings is 2. The van der Waals surface area contributed by atoms with E-state index in [9.17, 15) is 10.1 Å². The van der Waals surface area contributed by atoms with Crippen molar-refractivity contribution >= 4 is 40.9 Å². The van der Waals surface area contributed by atoms with Gasteiger partial charge in [-0.25, -0.2) is 0 Å². The summed E-state index contributed by atoms with van der Waals surface area (Å²) in [7, 11) is 0. The van der Waals surface area contributed by atoms with Crippen LogP contribution in [0.15, 0.2) is 81.4 Å². The molecule has 0 aliphatic carbocycles. The highest BCUT2D eigenvalue weighted by molar-refractivity contribution is 8.17. The molecule has 1 aliphatic heterocycles. The SMILES string of the molecule is CC(=O)C1=C(C)NC(SCSc2ccccc2)=C(C#N)[C@@H]1c1ccccc1Cl. The minimum absolute atomic E-state index is 0.0645. The lowest BCUT2D eigenvalue weighted by Gasteiger charge is -2.29.